The van der Waals surface area contributed by atoms with Crippen LogP contribution < -0.4 is 4.74 Å². The molecule has 1 heterocycles. The van der Waals surface area contributed by atoms with Crippen molar-refractivity contribution in [2.45, 2.75) is 25.8 Å². The van der Waals surface area contributed by atoms with Crippen molar-refractivity contribution in [3.05, 3.63) is 71.0 Å². The van der Waals surface area contributed by atoms with E-state index in [0.717, 1.165) is 6.42 Å². The molecule has 0 aromatic heterocycles. The van der Waals surface area contributed by atoms with Gasteiger partial charge in [0.05, 0.1) is 18.7 Å². The first kappa shape index (κ1) is 19.6. The lowest BCUT2D eigenvalue weighted by Gasteiger charge is -2.25. The maximum absolute atomic E-state index is 14.6. The van der Waals surface area contributed by atoms with Crippen LogP contribution in [-0.2, 0) is 9.59 Å². The molecule has 1 fully saturated rings. The van der Waals surface area contributed by atoms with Crippen molar-refractivity contribution in [2.75, 3.05) is 13.7 Å². The third-order valence-electron chi connectivity index (χ3n) is 4.86. The van der Waals surface area contributed by atoms with Crippen LogP contribution >= 0.6 is 0 Å². The van der Waals surface area contributed by atoms with Crippen LogP contribution in [0.4, 0.5) is 4.39 Å². The molecule has 1 saturated heterocycles. The number of rotatable bonds is 6. The molecule has 0 bridgehead atoms. The quantitative estimate of drug-likeness (QED) is 0.464. The zero-order valence-electron chi connectivity index (χ0n) is 15.8. The zero-order valence-corrected chi connectivity index (χ0v) is 15.8. The van der Waals surface area contributed by atoms with Crippen molar-refractivity contribution in [2.24, 2.45) is 0 Å². The van der Waals surface area contributed by atoms with Crippen LogP contribution in [-0.4, -0.2) is 35.4 Å². The molecule has 2 aromatic carbocycles. The number of benzene rings is 2. The summed E-state index contributed by atoms with van der Waals surface area (Å²) in [5.41, 5.74) is 0.444. The highest BCUT2D eigenvalue weighted by molar-refractivity contribution is 6.46. The molecule has 0 saturated carbocycles. The Bertz CT molecular complexity index is 920. The van der Waals surface area contributed by atoms with Gasteiger partial charge in [-0.2, -0.15) is 0 Å². The van der Waals surface area contributed by atoms with E-state index < -0.39 is 23.5 Å². The highest BCUT2D eigenvalue weighted by Crippen LogP contribution is 2.40. The number of aliphatic hydroxyl groups is 1. The van der Waals surface area contributed by atoms with Crippen LogP contribution in [0.1, 0.15) is 36.9 Å². The van der Waals surface area contributed by atoms with Crippen molar-refractivity contribution < 1.29 is 23.8 Å². The van der Waals surface area contributed by atoms with Gasteiger partial charge in [0.25, 0.3) is 11.7 Å². The summed E-state index contributed by atoms with van der Waals surface area (Å²) in [6, 6.07) is 11.5. The molecule has 0 spiro atoms. The molecule has 1 aliphatic rings. The smallest absolute Gasteiger partial charge is 0.295 e. The van der Waals surface area contributed by atoms with E-state index >= 15 is 0 Å². The number of ketones is 1. The van der Waals surface area contributed by atoms with Crippen LogP contribution in [0.2, 0.25) is 0 Å². The van der Waals surface area contributed by atoms with E-state index in [2.05, 4.69) is 0 Å². The predicted octanol–water partition coefficient (Wildman–Crippen LogP) is 4.06. The Labute approximate surface area is 163 Å². The van der Waals surface area contributed by atoms with Gasteiger partial charge >= 0.3 is 0 Å². The minimum Gasteiger partial charge on any atom is -0.507 e. The number of aliphatic hydroxyl groups excluding tert-OH is 1. The molecule has 2 aromatic rings. The summed E-state index contributed by atoms with van der Waals surface area (Å²) in [7, 11) is 1.52. The molecular formula is C22H22FNO4. The van der Waals surface area contributed by atoms with Crippen molar-refractivity contribution in [3.8, 4) is 5.75 Å². The topological polar surface area (TPSA) is 66.8 Å². The summed E-state index contributed by atoms with van der Waals surface area (Å²) < 4.78 is 19.7. The average Bonchev–Trinajstić information content (AvgIpc) is 2.96. The van der Waals surface area contributed by atoms with Crippen LogP contribution in [0.5, 0.6) is 5.75 Å². The maximum Gasteiger partial charge on any atom is 0.295 e. The number of unbranched alkanes of at least 4 members (excludes halogenated alkanes) is 1. The van der Waals surface area contributed by atoms with Gasteiger partial charge in [-0.15, -0.1) is 0 Å². The minimum absolute atomic E-state index is 0.101. The van der Waals surface area contributed by atoms with Crippen LogP contribution in [0, 0.1) is 5.82 Å². The molecule has 1 aliphatic heterocycles. The Morgan fingerprint density at radius 3 is 2.43 bits per heavy atom. The highest BCUT2D eigenvalue weighted by Gasteiger charge is 2.46. The lowest BCUT2D eigenvalue weighted by atomic mass is 9.95. The van der Waals surface area contributed by atoms with Crippen molar-refractivity contribution in [1.82, 2.24) is 4.90 Å². The number of nitrogens with zero attached hydrogens (tertiary/aromatic N) is 1. The van der Waals surface area contributed by atoms with Crippen LogP contribution in [0.25, 0.3) is 5.76 Å². The van der Waals surface area contributed by atoms with Gasteiger partial charge in [0.1, 0.15) is 17.3 Å². The van der Waals surface area contributed by atoms with Crippen molar-refractivity contribution in [3.63, 3.8) is 0 Å². The average molecular weight is 383 g/mol. The molecule has 6 heteroatoms. The van der Waals surface area contributed by atoms with Gasteiger partial charge in [0, 0.05) is 17.7 Å². The molecule has 3 rings (SSSR count). The van der Waals surface area contributed by atoms with Gasteiger partial charge in [-0.1, -0.05) is 31.5 Å². The van der Waals surface area contributed by atoms with Gasteiger partial charge in [0.15, 0.2) is 0 Å². The summed E-state index contributed by atoms with van der Waals surface area (Å²) in [4.78, 5) is 26.7. The molecule has 1 amide bonds. The molecule has 1 N–H and O–H groups in total. The fourth-order valence-corrected chi connectivity index (χ4v) is 3.36. The molecule has 5 nitrogen and oxygen atoms in total. The summed E-state index contributed by atoms with van der Waals surface area (Å²) in [5.74, 6) is -1.80. The monoisotopic (exact) mass is 383 g/mol. The summed E-state index contributed by atoms with van der Waals surface area (Å²) in [6.07, 6.45) is 1.48. The van der Waals surface area contributed by atoms with Crippen LogP contribution in [0.3, 0.4) is 0 Å². The van der Waals surface area contributed by atoms with Crippen molar-refractivity contribution >= 4 is 17.4 Å². The van der Waals surface area contributed by atoms with Gasteiger partial charge in [-0.25, -0.2) is 4.39 Å². The van der Waals surface area contributed by atoms with E-state index in [4.69, 9.17) is 4.74 Å². The number of hydrogen-bond donors (Lipinski definition) is 1. The maximum atomic E-state index is 14.6. The number of amides is 1. The molecule has 28 heavy (non-hydrogen) atoms. The summed E-state index contributed by atoms with van der Waals surface area (Å²) in [5, 5.41) is 10.9. The predicted molar refractivity (Wildman–Crippen MR) is 103 cm³/mol. The Morgan fingerprint density at radius 2 is 1.82 bits per heavy atom. The third-order valence-corrected chi connectivity index (χ3v) is 4.86. The molecule has 0 unspecified atom stereocenters. The number of likely N-dealkylation sites (tertiary alicyclic amines) is 1. The largest absolute Gasteiger partial charge is 0.507 e. The third kappa shape index (κ3) is 3.50. The lowest BCUT2D eigenvalue weighted by molar-refractivity contribution is -0.139. The second-order valence-corrected chi connectivity index (χ2v) is 6.60. The zero-order chi connectivity index (χ0) is 20.3. The van der Waals surface area contributed by atoms with Gasteiger partial charge in [0.2, 0.25) is 0 Å². The number of carbonyl (C=O) groups is 2. The SMILES string of the molecule is CCCCN1C(=O)C(=O)/C(=C(/O)c2ccc(OC)cc2)[C@@H]1c1ccccc1F. The molecule has 0 aliphatic carbocycles. The lowest BCUT2D eigenvalue weighted by Crippen LogP contribution is -2.31. The molecular weight excluding hydrogens is 361 g/mol. The second kappa shape index (κ2) is 8.25. The van der Waals surface area contributed by atoms with E-state index in [9.17, 15) is 19.1 Å². The Kier molecular flexibility index (Phi) is 5.78. The fourth-order valence-electron chi connectivity index (χ4n) is 3.36. The Morgan fingerprint density at radius 1 is 1.14 bits per heavy atom. The Hall–Kier alpha value is -3.15. The number of hydrogen-bond acceptors (Lipinski definition) is 4. The van der Waals surface area contributed by atoms with E-state index in [1.807, 2.05) is 6.92 Å². The molecule has 146 valence electrons. The van der Waals surface area contributed by atoms with Gasteiger partial charge < -0.3 is 14.7 Å². The van der Waals surface area contributed by atoms with Gasteiger partial charge in [-0.05, 0) is 36.8 Å². The molecule has 0 radical (unpaired) electrons. The van der Waals surface area contributed by atoms with Gasteiger partial charge in [-0.3, -0.25) is 9.59 Å². The molecule has 1 atom stereocenters. The number of Topliss-reactive ketones (excluding diaryl/α,β-unsaturated/α-hetero) is 1. The number of methoxy groups -OCH3 is 1. The van der Waals surface area contributed by atoms with E-state index in [1.165, 1.54) is 24.1 Å². The minimum atomic E-state index is -0.963. The van der Waals surface area contributed by atoms with E-state index in [1.54, 1.807) is 36.4 Å². The first-order valence-electron chi connectivity index (χ1n) is 9.16. The van der Waals surface area contributed by atoms with Crippen LogP contribution in [0.15, 0.2) is 54.1 Å². The fraction of sp³-hybridized carbons (Fsp3) is 0.273. The highest BCUT2D eigenvalue weighted by atomic mass is 19.1. The van der Waals surface area contributed by atoms with E-state index in [0.29, 0.717) is 24.3 Å². The van der Waals surface area contributed by atoms with E-state index in [-0.39, 0.29) is 16.9 Å². The number of carbonyl (C=O) groups excluding carboxylic acids is 2. The Balaban J connectivity index is 2.16. The summed E-state index contributed by atoms with van der Waals surface area (Å²) >= 11 is 0. The number of halogens is 1. The second-order valence-electron chi connectivity index (χ2n) is 6.60. The standard InChI is InChI=1S/C22H22FNO4/c1-3-4-13-24-19(16-7-5-6-8-17(16)23)18(21(26)22(24)27)20(25)14-9-11-15(28-2)12-10-14/h5-12,19,25H,3-4,13H2,1-2H3/b20-18+/t19-/m0/s1. The first-order chi connectivity index (χ1) is 13.5. The summed E-state index contributed by atoms with van der Waals surface area (Å²) in [6.45, 7) is 2.27. The first-order valence-corrected chi connectivity index (χ1v) is 9.16. The normalized spacial score (nSPS) is 18.5. The van der Waals surface area contributed by atoms with Crippen molar-refractivity contribution in [1.29, 1.82) is 0 Å². The number of ether oxygens (including phenoxy) is 1.